The Kier molecular flexibility index (Phi) is 7.87. The number of rotatable bonds is 10. The molecule has 0 aromatic heterocycles. The van der Waals surface area contributed by atoms with E-state index in [1.807, 2.05) is 42.2 Å². The van der Waals surface area contributed by atoms with Crippen LogP contribution in [-0.4, -0.2) is 47.6 Å². The number of hydrogen-bond donors (Lipinski definition) is 1. The summed E-state index contributed by atoms with van der Waals surface area (Å²) in [5.74, 6) is 0.123. The molecule has 0 radical (unpaired) electrons. The quantitative estimate of drug-likeness (QED) is 0.470. The maximum atomic E-state index is 13.7. The third kappa shape index (κ3) is 6.62. The maximum absolute atomic E-state index is 13.7. The second kappa shape index (κ2) is 11.2. The Labute approximate surface area is 198 Å². The number of aliphatic hydroxyl groups excluding tert-OH is 1. The number of hydrogen-bond acceptors (Lipinski definition) is 5. The molecule has 1 aliphatic heterocycles. The lowest BCUT2D eigenvalue weighted by Crippen LogP contribution is -2.39. The minimum absolute atomic E-state index is 0.132. The zero-order chi connectivity index (χ0) is 23.9. The van der Waals surface area contributed by atoms with E-state index in [1.165, 1.54) is 24.3 Å². The van der Waals surface area contributed by atoms with E-state index in [1.54, 1.807) is 18.2 Å². The zero-order valence-electron chi connectivity index (χ0n) is 19.0. The number of oxime groups is 1. The fourth-order valence-corrected chi connectivity index (χ4v) is 3.98. The fraction of sp³-hybridized carbons (Fsp3) is 0.296. The fourth-order valence-electron chi connectivity index (χ4n) is 3.98. The summed E-state index contributed by atoms with van der Waals surface area (Å²) in [5, 5.41) is 14.9. The van der Waals surface area contributed by atoms with E-state index in [-0.39, 0.29) is 24.3 Å². The van der Waals surface area contributed by atoms with Gasteiger partial charge in [-0.15, -0.1) is 0 Å². The molecule has 2 atom stereocenters. The number of aliphatic hydroxyl groups is 1. The van der Waals surface area contributed by atoms with Gasteiger partial charge in [-0.25, -0.2) is 8.78 Å². The highest BCUT2D eigenvalue weighted by atomic mass is 19.1. The van der Waals surface area contributed by atoms with E-state index < -0.39 is 6.10 Å². The van der Waals surface area contributed by atoms with Crippen LogP contribution in [0.4, 0.5) is 8.78 Å². The molecule has 0 bridgehead atoms. The van der Waals surface area contributed by atoms with Gasteiger partial charge in [0.2, 0.25) is 0 Å². The summed E-state index contributed by atoms with van der Waals surface area (Å²) in [7, 11) is 0. The molecule has 7 heteroatoms. The predicted octanol–water partition coefficient (Wildman–Crippen LogP) is 4.71. The van der Waals surface area contributed by atoms with Gasteiger partial charge >= 0.3 is 0 Å². The molecule has 3 aromatic rings. The van der Waals surface area contributed by atoms with Crippen LogP contribution in [0.2, 0.25) is 0 Å². The molecule has 0 fully saturated rings. The van der Waals surface area contributed by atoms with Crippen LogP contribution in [0.15, 0.2) is 78.0 Å². The second-order valence-corrected chi connectivity index (χ2v) is 8.53. The highest BCUT2D eigenvalue weighted by Gasteiger charge is 2.26. The molecule has 1 N–H and O–H groups in total. The summed E-state index contributed by atoms with van der Waals surface area (Å²) in [5.41, 5.74) is 3.35. The van der Waals surface area contributed by atoms with Gasteiger partial charge < -0.3 is 14.7 Å². The van der Waals surface area contributed by atoms with Crippen molar-refractivity contribution in [1.82, 2.24) is 4.90 Å². The lowest BCUT2D eigenvalue weighted by molar-refractivity contribution is 0.0212. The minimum Gasteiger partial charge on any atom is -0.491 e. The molecule has 0 spiro atoms. The molecular formula is C27H28F2N2O3. The van der Waals surface area contributed by atoms with Crippen molar-refractivity contribution < 1.29 is 23.5 Å². The molecule has 0 unspecified atom stereocenters. The number of nitrogens with zero attached hydrogens (tertiary/aromatic N) is 2. The van der Waals surface area contributed by atoms with Gasteiger partial charge in [0.1, 0.15) is 36.2 Å². The second-order valence-electron chi connectivity index (χ2n) is 8.53. The Morgan fingerprint density at radius 2 is 1.85 bits per heavy atom. The van der Waals surface area contributed by atoms with Crippen molar-refractivity contribution in [3.8, 4) is 5.75 Å². The molecule has 0 aliphatic carbocycles. The molecule has 0 saturated carbocycles. The smallest absolute Gasteiger partial charge is 0.145 e. The molecule has 178 valence electrons. The lowest BCUT2D eigenvalue weighted by atomic mass is 10.0. The number of benzene rings is 3. The molecule has 5 nitrogen and oxygen atoms in total. The Morgan fingerprint density at radius 1 is 1.06 bits per heavy atom. The highest BCUT2D eigenvalue weighted by molar-refractivity contribution is 6.01. The first-order valence-electron chi connectivity index (χ1n) is 11.3. The SMILES string of the molecule is Cc1ccccc1OC[C@@H](O)CN(Cc1cccc(F)c1)C[C@@H]1CC(c2ccc(F)cc2)=NO1. The van der Waals surface area contributed by atoms with Gasteiger partial charge in [-0.3, -0.25) is 4.90 Å². The Hall–Kier alpha value is -3.29. The van der Waals surface area contributed by atoms with Gasteiger partial charge in [0.25, 0.3) is 0 Å². The lowest BCUT2D eigenvalue weighted by Gasteiger charge is -2.27. The number of para-hydroxylation sites is 1. The normalized spacial score (nSPS) is 16.3. The average Bonchev–Trinajstić information content (AvgIpc) is 3.27. The summed E-state index contributed by atoms with van der Waals surface area (Å²) in [6.45, 7) is 3.31. The minimum atomic E-state index is -0.757. The van der Waals surface area contributed by atoms with Crippen LogP contribution in [0.5, 0.6) is 5.75 Å². The molecule has 0 saturated heterocycles. The molecule has 1 heterocycles. The van der Waals surface area contributed by atoms with Gasteiger partial charge in [-0.1, -0.05) is 47.6 Å². The zero-order valence-corrected chi connectivity index (χ0v) is 19.0. The molecule has 3 aromatic carbocycles. The van der Waals surface area contributed by atoms with Crippen molar-refractivity contribution in [3.63, 3.8) is 0 Å². The van der Waals surface area contributed by atoms with Gasteiger partial charge in [0.15, 0.2) is 0 Å². The van der Waals surface area contributed by atoms with Crippen molar-refractivity contribution in [2.75, 3.05) is 19.7 Å². The summed E-state index contributed by atoms with van der Waals surface area (Å²) in [6, 6.07) is 20.2. The van der Waals surface area contributed by atoms with Gasteiger partial charge in [-0.2, -0.15) is 0 Å². The van der Waals surface area contributed by atoms with E-state index in [4.69, 9.17) is 9.57 Å². The first-order valence-corrected chi connectivity index (χ1v) is 11.3. The summed E-state index contributed by atoms with van der Waals surface area (Å²) in [4.78, 5) is 7.64. The van der Waals surface area contributed by atoms with E-state index >= 15 is 0 Å². The predicted molar refractivity (Wildman–Crippen MR) is 127 cm³/mol. The van der Waals surface area contributed by atoms with Crippen molar-refractivity contribution in [1.29, 1.82) is 0 Å². The molecule has 1 aliphatic rings. The van der Waals surface area contributed by atoms with E-state index in [0.29, 0.717) is 26.1 Å². The first kappa shape index (κ1) is 23.9. The van der Waals surface area contributed by atoms with Crippen LogP contribution < -0.4 is 4.74 Å². The van der Waals surface area contributed by atoms with Crippen LogP contribution in [0, 0.1) is 18.6 Å². The summed E-state index contributed by atoms with van der Waals surface area (Å²) < 4.78 is 32.8. The third-order valence-corrected chi connectivity index (χ3v) is 5.66. The Balaban J connectivity index is 1.38. The van der Waals surface area contributed by atoms with Crippen LogP contribution in [0.25, 0.3) is 0 Å². The Bertz CT molecular complexity index is 1120. The van der Waals surface area contributed by atoms with Crippen LogP contribution >= 0.6 is 0 Å². The summed E-state index contributed by atoms with van der Waals surface area (Å²) in [6.07, 6.45) is -0.439. The number of halogens is 2. The van der Waals surface area contributed by atoms with Crippen molar-refractivity contribution in [2.24, 2.45) is 5.16 Å². The van der Waals surface area contributed by atoms with E-state index in [0.717, 1.165) is 28.2 Å². The van der Waals surface area contributed by atoms with E-state index in [9.17, 15) is 13.9 Å². The van der Waals surface area contributed by atoms with Crippen molar-refractivity contribution >= 4 is 5.71 Å². The van der Waals surface area contributed by atoms with Crippen LogP contribution in [0.1, 0.15) is 23.1 Å². The number of aryl methyl sites for hydroxylation is 1. The molecule has 34 heavy (non-hydrogen) atoms. The molecular weight excluding hydrogens is 438 g/mol. The van der Waals surface area contributed by atoms with Gasteiger partial charge in [0.05, 0.1) is 5.71 Å². The van der Waals surface area contributed by atoms with E-state index in [2.05, 4.69) is 5.16 Å². The first-order chi connectivity index (χ1) is 16.5. The maximum Gasteiger partial charge on any atom is 0.145 e. The van der Waals surface area contributed by atoms with Crippen molar-refractivity contribution in [3.05, 3.63) is 101 Å². The third-order valence-electron chi connectivity index (χ3n) is 5.66. The monoisotopic (exact) mass is 466 g/mol. The Morgan fingerprint density at radius 3 is 2.62 bits per heavy atom. The van der Waals surface area contributed by atoms with Crippen molar-refractivity contribution in [2.45, 2.75) is 32.1 Å². The topological polar surface area (TPSA) is 54.3 Å². The highest BCUT2D eigenvalue weighted by Crippen LogP contribution is 2.20. The number of ether oxygens (including phenoxy) is 1. The largest absolute Gasteiger partial charge is 0.491 e. The van der Waals surface area contributed by atoms with Gasteiger partial charge in [0, 0.05) is 26.1 Å². The van der Waals surface area contributed by atoms with Crippen LogP contribution in [0.3, 0.4) is 0 Å². The molecule has 0 amide bonds. The van der Waals surface area contributed by atoms with Crippen LogP contribution in [-0.2, 0) is 11.4 Å². The average molecular weight is 467 g/mol. The van der Waals surface area contributed by atoms with Gasteiger partial charge in [-0.05, 0) is 53.9 Å². The summed E-state index contributed by atoms with van der Waals surface area (Å²) >= 11 is 0. The molecule has 4 rings (SSSR count). The standard InChI is InChI=1S/C27H28F2N2O3/c1-19-5-2-3-8-27(19)33-18-24(32)16-31(15-20-6-4-7-23(29)13-20)17-25-14-26(30-34-25)21-9-11-22(28)12-10-21/h2-13,24-25,32H,14-18H2,1H3/t24-,25-/m0/s1.